The lowest BCUT2D eigenvalue weighted by atomic mass is 10.1. The first kappa shape index (κ1) is 12.1. The molecular formula is C12H10Cl2N2O. The Bertz CT molecular complexity index is 558. The molecule has 5 heteroatoms. The second-order valence-electron chi connectivity index (χ2n) is 3.66. The van der Waals surface area contributed by atoms with Crippen LogP contribution in [0.15, 0.2) is 24.4 Å². The topological polar surface area (TPSA) is 35.0 Å². The number of aryl methyl sites for hydroxylation is 2. The number of hydrogen-bond donors (Lipinski definition) is 0. The highest BCUT2D eigenvalue weighted by Gasteiger charge is 2.08. The zero-order valence-electron chi connectivity index (χ0n) is 9.37. The van der Waals surface area contributed by atoms with Gasteiger partial charge in [0.15, 0.2) is 0 Å². The van der Waals surface area contributed by atoms with E-state index in [9.17, 15) is 0 Å². The Morgan fingerprint density at radius 2 is 1.94 bits per heavy atom. The molecule has 0 radical (unpaired) electrons. The molecule has 88 valence electrons. The molecule has 3 nitrogen and oxygen atoms in total. The van der Waals surface area contributed by atoms with Crippen molar-refractivity contribution in [1.29, 1.82) is 0 Å². The minimum atomic E-state index is 0.106. The highest BCUT2D eigenvalue weighted by molar-refractivity contribution is 6.32. The van der Waals surface area contributed by atoms with Gasteiger partial charge < -0.3 is 4.74 Å². The average molecular weight is 269 g/mol. The largest absolute Gasteiger partial charge is 0.437 e. The number of benzene rings is 1. The van der Waals surface area contributed by atoms with Gasteiger partial charge in [-0.15, -0.1) is 0 Å². The van der Waals surface area contributed by atoms with Crippen molar-refractivity contribution in [2.24, 2.45) is 0 Å². The molecule has 0 aliphatic carbocycles. The van der Waals surface area contributed by atoms with Gasteiger partial charge in [-0.05, 0) is 37.1 Å². The summed E-state index contributed by atoms with van der Waals surface area (Å²) < 4.78 is 5.61. The fourth-order valence-corrected chi connectivity index (χ4v) is 1.68. The van der Waals surface area contributed by atoms with Crippen LogP contribution in [0.3, 0.4) is 0 Å². The summed E-state index contributed by atoms with van der Waals surface area (Å²) in [6.45, 7) is 3.98. The first-order chi connectivity index (χ1) is 8.06. The van der Waals surface area contributed by atoms with Crippen LogP contribution < -0.4 is 4.74 Å². The summed E-state index contributed by atoms with van der Waals surface area (Å²) in [5, 5.41) is 0.434. The Morgan fingerprint density at radius 1 is 1.18 bits per heavy atom. The van der Waals surface area contributed by atoms with Crippen molar-refractivity contribution in [1.82, 2.24) is 9.97 Å². The minimum absolute atomic E-state index is 0.106. The summed E-state index contributed by atoms with van der Waals surface area (Å²) >= 11 is 11.6. The van der Waals surface area contributed by atoms with Gasteiger partial charge in [-0.3, -0.25) is 0 Å². The van der Waals surface area contributed by atoms with Crippen molar-refractivity contribution in [2.45, 2.75) is 13.8 Å². The highest BCUT2D eigenvalue weighted by atomic mass is 35.5. The summed E-state index contributed by atoms with van der Waals surface area (Å²) in [5.41, 5.74) is 2.18. The van der Waals surface area contributed by atoms with Gasteiger partial charge in [0.05, 0.1) is 6.20 Å². The van der Waals surface area contributed by atoms with Crippen LogP contribution in [-0.2, 0) is 0 Å². The number of aromatic nitrogens is 2. The number of hydrogen-bond acceptors (Lipinski definition) is 3. The summed E-state index contributed by atoms with van der Waals surface area (Å²) in [6, 6.07) is 5.85. The molecule has 0 N–H and O–H groups in total. The van der Waals surface area contributed by atoms with Gasteiger partial charge in [0.25, 0.3) is 0 Å². The van der Waals surface area contributed by atoms with Crippen molar-refractivity contribution in [2.75, 3.05) is 0 Å². The summed E-state index contributed by atoms with van der Waals surface area (Å²) in [5.74, 6) is 0.964. The molecule has 0 bridgehead atoms. The normalized spacial score (nSPS) is 10.4. The Kier molecular flexibility index (Phi) is 3.50. The zero-order valence-corrected chi connectivity index (χ0v) is 10.9. The SMILES string of the molecule is Cc1ccc(Oc2nc(Cl)ncc2Cl)c(C)c1. The van der Waals surface area contributed by atoms with Crippen molar-refractivity contribution < 1.29 is 4.74 Å². The first-order valence-electron chi connectivity index (χ1n) is 4.99. The molecular weight excluding hydrogens is 259 g/mol. The lowest BCUT2D eigenvalue weighted by Gasteiger charge is -2.09. The predicted octanol–water partition coefficient (Wildman–Crippen LogP) is 4.19. The van der Waals surface area contributed by atoms with E-state index in [0.717, 1.165) is 5.56 Å². The molecule has 1 aromatic carbocycles. The van der Waals surface area contributed by atoms with Crippen molar-refractivity contribution in [3.8, 4) is 11.6 Å². The molecule has 1 heterocycles. The average Bonchev–Trinajstić information content (AvgIpc) is 2.27. The van der Waals surface area contributed by atoms with Crippen LogP contribution in [0.1, 0.15) is 11.1 Å². The molecule has 17 heavy (non-hydrogen) atoms. The molecule has 0 aliphatic rings. The van der Waals surface area contributed by atoms with Gasteiger partial charge in [0, 0.05) is 0 Å². The van der Waals surface area contributed by atoms with Crippen LogP contribution in [0, 0.1) is 13.8 Å². The van der Waals surface area contributed by atoms with Gasteiger partial charge in [0.2, 0.25) is 11.2 Å². The third-order valence-electron chi connectivity index (χ3n) is 2.22. The molecule has 2 rings (SSSR count). The maximum atomic E-state index is 5.92. The highest BCUT2D eigenvalue weighted by Crippen LogP contribution is 2.29. The molecule has 0 fully saturated rings. The fraction of sp³-hybridized carbons (Fsp3) is 0.167. The molecule has 0 aliphatic heterocycles. The molecule has 0 spiro atoms. The van der Waals surface area contributed by atoms with Crippen LogP contribution in [-0.4, -0.2) is 9.97 Å². The molecule has 0 saturated carbocycles. The van der Waals surface area contributed by atoms with E-state index < -0.39 is 0 Å². The molecule has 2 aromatic rings. The van der Waals surface area contributed by atoms with Crippen LogP contribution in [0.5, 0.6) is 11.6 Å². The lowest BCUT2D eigenvalue weighted by molar-refractivity contribution is 0.458. The summed E-state index contributed by atoms with van der Waals surface area (Å²) in [6.07, 6.45) is 1.41. The van der Waals surface area contributed by atoms with Gasteiger partial charge in [-0.1, -0.05) is 29.3 Å². The number of rotatable bonds is 2. The molecule has 0 unspecified atom stereocenters. The maximum Gasteiger partial charge on any atom is 0.242 e. The minimum Gasteiger partial charge on any atom is -0.437 e. The maximum absolute atomic E-state index is 5.92. The third-order valence-corrected chi connectivity index (χ3v) is 2.66. The molecule has 0 atom stereocenters. The van der Waals surface area contributed by atoms with Crippen LogP contribution in [0.2, 0.25) is 10.3 Å². The van der Waals surface area contributed by atoms with E-state index in [-0.39, 0.29) is 11.2 Å². The van der Waals surface area contributed by atoms with Crippen LogP contribution >= 0.6 is 23.2 Å². The Hall–Kier alpha value is -1.32. The molecule has 1 aromatic heterocycles. The van der Waals surface area contributed by atoms with E-state index in [4.69, 9.17) is 27.9 Å². The molecule has 0 saturated heterocycles. The lowest BCUT2D eigenvalue weighted by Crippen LogP contribution is -1.93. The second kappa shape index (κ2) is 4.90. The van der Waals surface area contributed by atoms with Crippen LogP contribution in [0.4, 0.5) is 0 Å². The fourth-order valence-electron chi connectivity index (χ4n) is 1.42. The van der Waals surface area contributed by atoms with Gasteiger partial charge in [-0.2, -0.15) is 4.98 Å². The quantitative estimate of drug-likeness (QED) is 0.766. The van der Waals surface area contributed by atoms with Gasteiger partial charge in [0.1, 0.15) is 10.8 Å². The van der Waals surface area contributed by atoms with Gasteiger partial charge >= 0.3 is 0 Å². The van der Waals surface area contributed by atoms with Crippen molar-refractivity contribution in [3.05, 3.63) is 45.8 Å². The number of halogens is 2. The molecule has 0 amide bonds. The van der Waals surface area contributed by atoms with E-state index in [1.54, 1.807) is 0 Å². The van der Waals surface area contributed by atoms with Crippen molar-refractivity contribution in [3.63, 3.8) is 0 Å². The van der Waals surface area contributed by atoms with E-state index in [1.165, 1.54) is 11.8 Å². The van der Waals surface area contributed by atoms with E-state index in [2.05, 4.69) is 9.97 Å². The summed E-state index contributed by atoms with van der Waals surface area (Å²) in [4.78, 5) is 7.69. The zero-order chi connectivity index (χ0) is 12.4. The van der Waals surface area contributed by atoms with Crippen molar-refractivity contribution >= 4 is 23.2 Å². The number of nitrogens with zero attached hydrogens (tertiary/aromatic N) is 2. The first-order valence-corrected chi connectivity index (χ1v) is 5.75. The van der Waals surface area contributed by atoms with Gasteiger partial charge in [-0.25, -0.2) is 4.98 Å². The Balaban J connectivity index is 2.34. The van der Waals surface area contributed by atoms with E-state index >= 15 is 0 Å². The standard InChI is InChI=1S/C12H10Cl2N2O/c1-7-3-4-10(8(2)5-7)17-11-9(13)6-15-12(14)16-11/h3-6H,1-2H3. The second-order valence-corrected chi connectivity index (χ2v) is 4.41. The summed E-state index contributed by atoms with van der Waals surface area (Å²) in [7, 11) is 0. The third kappa shape index (κ3) is 2.87. The van der Waals surface area contributed by atoms with E-state index in [1.807, 2.05) is 32.0 Å². The van der Waals surface area contributed by atoms with E-state index in [0.29, 0.717) is 10.8 Å². The smallest absolute Gasteiger partial charge is 0.242 e. The van der Waals surface area contributed by atoms with Crippen LogP contribution in [0.25, 0.3) is 0 Å². The number of ether oxygens (including phenoxy) is 1. The Morgan fingerprint density at radius 3 is 2.65 bits per heavy atom. The predicted molar refractivity (Wildman–Crippen MR) is 68.0 cm³/mol. The monoisotopic (exact) mass is 268 g/mol. The Labute approximate surface area is 109 Å².